The third-order valence-corrected chi connectivity index (χ3v) is 6.73. The fraction of sp³-hybridized carbons (Fsp3) is 1.00. The van der Waals surface area contributed by atoms with Gasteiger partial charge < -0.3 is 5.73 Å². The number of hydrogen-bond acceptors (Lipinski definition) is 2. The molecular weight excluding hydrogens is 256 g/mol. The SMILES string of the molecule is CC1CC(C)C(C)N(C2(CN)CCC(C(C)(C)C)CC2)C1. The highest BCUT2D eigenvalue weighted by Crippen LogP contribution is 2.45. The molecule has 3 atom stereocenters. The maximum atomic E-state index is 6.34. The smallest absolute Gasteiger partial charge is 0.0335 e. The van der Waals surface area contributed by atoms with E-state index in [0.29, 0.717) is 11.5 Å². The van der Waals surface area contributed by atoms with Crippen molar-refractivity contribution in [2.24, 2.45) is 28.9 Å². The fourth-order valence-electron chi connectivity index (χ4n) is 4.97. The van der Waals surface area contributed by atoms with Crippen LogP contribution in [0.15, 0.2) is 0 Å². The summed E-state index contributed by atoms with van der Waals surface area (Å²) in [4.78, 5) is 2.81. The van der Waals surface area contributed by atoms with Gasteiger partial charge in [0, 0.05) is 24.7 Å². The highest BCUT2D eigenvalue weighted by atomic mass is 15.2. The van der Waals surface area contributed by atoms with E-state index in [9.17, 15) is 0 Å². The number of nitrogens with zero attached hydrogens (tertiary/aromatic N) is 1. The molecule has 0 amide bonds. The second-order valence-corrected chi connectivity index (χ2v) is 9.28. The van der Waals surface area contributed by atoms with Gasteiger partial charge in [-0.25, -0.2) is 0 Å². The molecule has 0 aromatic heterocycles. The first-order chi connectivity index (χ1) is 9.69. The third kappa shape index (κ3) is 3.47. The van der Waals surface area contributed by atoms with Crippen molar-refractivity contribution in [3.8, 4) is 0 Å². The highest BCUT2D eigenvalue weighted by molar-refractivity contribution is 5.01. The van der Waals surface area contributed by atoms with Crippen molar-refractivity contribution in [3.05, 3.63) is 0 Å². The van der Waals surface area contributed by atoms with Crippen LogP contribution in [0.5, 0.6) is 0 Å². The maximum absolute atomic E-state index is 6.34. The predicted octanol–water partition coefficient (Wildman–Crippen LogP) is 4.29. The summed E-state index contributed by atoms with van der Waals surface area (Å²) in [6.07, 6.45) is 6.69. The first-order valence-corrected chi connectivity index (χ1v) is 9.16. The van der Waals surface area contributed by atoms with Crippen LogP contribution in [-0.4, -0.2) is 29.6 Å². The molecule has 3 unspecified atom stereocenters. The van der Waals surface area contributed by atoms with Crippen molar-refractivity contribution in [2.45, 2.75) is 85.2 Å². The summed E-state index contributed by atoms with van der Waals surface area (Å²) in [7, 11) is 0. The molecule has 1 saturated heterocycles. The van der Waals surface area contributed by atoms with Crippen LogP contribution < -0.4 is 5.73 Å². The number of likely N-dealkylation sites (tertiary alicyclic amines) is 1. The quantitative estimate of drug-likeness (QED) is 0.823. The summed E-state index contributed by atoms with van der Waals surface area (Å²) in [6.45, 7) is 16.6. The summed E-state index contributed by atoms with van der Waals surface area (Å²) in [6, 6.07) is 0.691. The molecule has 21 heavy (non-hydrogen) atoms. The zero-order chi connectivity index (χ0) is 15.8. The lowest BCUT2D eigenvalue weighted by Crippen LogP contribution is -2.63. The van der Waals surface area contributed by atoms with Gasteiger partial charge in [0.1, 0.15) is 0 Å². The summed E-state index contributed by atoms with van der Waals surface area (Å²) in [5, 5.41) is 0. The van der Waals surface area contributed by atoms with E-state index in [0.717, 1.165) is 24.3 Å². The first kappa shape index (κ1) is 17.3. The largest absolute Gasteiger partial charge is 0.329 e. The van der Waals surface area contributed by atoms with E-state index in [4.69, 9.17) is 5.73 Å². The molecule has 0 aromatic carbocycles. The van der Waals surface area contributed by atoms with Crippen LogP contribution in [0.4, 0.5) is 0 Å². The molecule has 0 aromatic rings. The maximum Gasteiger partial charge on any atom is 0.0335 e. The van der Waals surface area contributed by atoms with Gasteiger partial charge in [-0.1, -0.05) is 34.6 Å². The Morgan fingerprint density at radius 2 is 1.67 bits per heavy atom. The van der Waals surface area contributed by atoms with Crippen LogP contribution in [0, 0.1) is 23.2 Å². The van der Waals surface area contributed by atoms with E-state index in [1.54, 1.807) is 0 Å². The molecule has 1 aliphatic carbocycles. The Balaban J connectivity index is 2.12. The number of hydrogen-bond donors (Lipinski definition) is 1. The van der Waals surface area contributed by atoms with E-state index in [1.165, 1.54) is 38.6 Å². The van der Waals surface area contributed by atoms with Gasteiger partial charge in [0.05, 0.1) is 0 Å². The van der Waals surface area contributed by atoms with Gasteiger partial charge in [-0.15, -0.1) is 0 Å². The first-order valence-electron chi connectivity index (χ1n) is 9.16. The number of rotatable bonds is 2. The van der Waals surface area contributed by atoms with E-state index in [-0.39, 0.29) is 5.54 Å². The van der Waals surface area contributed by atoms with Crippen LogP contribution in [0.2, 0.25) is 0 Å². The second kappa shape index (κ2) is 6.20. The van der Waals surface area contributed by atoms with E-state index in [1.807, 2.05) is 0 Å². The Labute approximate surface area is 132 Å². The van der Waals surface area contributed by atoms with Gasteiger partial charge in [0.25, 0.3) is 0 Å². The molecule has 2 aliphatic rings. The molecule has 124 valence electrons. The van der Waals surface area contributed by atoms with Crippen molar-refractivity contribution < 1.29 is 0 Å². The molecule has 0 bridgehead atoms. The van der Waals surface area contributed by atoms with Crippen molar-refractivity contribution in [1.29, 1.82) is 0 Å². The molecule has 2 nitrogen and oxygen atoms in total. The Morgan fingerprint density at radius 1 is 1.10 bits per heavy atom. The number of piperidine rings is 1. The minimum Gasteiger partial charge on any atom is -0.329 e. The Hall–Kier alpha value is -0.0800. The monoisotopic (exact) mass is 294 g/mol. The van der Waals surface area contributed by atoms with Gasteiger partial charge in [-0.3, -0.25) is 4.90 Å². The van der Waals surface area contributed by atoms with Gasteiger partial charge in [0.2, 0.25) is 0 Å². The lowest BCUT2D eigenvalue weighted by molar-refractivity contribution is -0.0495. The second-order valence-electron chi connectivity index (χ2n) is 9.28. The lowest BCUT2D eigenvalue weighted by Gasteiger charge is -2.55. The average molecular weight is 295 g/mol. The normalized spacial score (nSPS) is 43.0. The van der Waals surface area contributed by atoms with Crippen LogP contribution in [0.1, 0.15) is 73.6 Å². The Bertz CT molecular complexity index is 336. The van der Waals surface area contributed by atoms with Crippen molar-refractivity contribution in [2.75, 3.05) is 13.1 Å². The molecule has 1 saturated carbocycles. The molecule has 2 rings (SSSR count). The Kier molecular flexibility index (Phi) is 5.10. The molecule has 2 heteroatoms. The minimum absolute atomic E-state index is 0.282. The fourth-order valence-corrected chi connectivity index (χ4v) is 4.97. The highest BCUT2D eigenvalue weighted by Gasteiger charge is 2.45. The van der Waals surface area contributed by atoms with Gasteiger partial charge in [-0.05, 0) is 62.2 Å². The summed E-state index contributed by atoms with van der Waals surface area (Å²) >= 11 is 0. The Morgan fingerprint density at radius 3 is 2.14 bits per heavy atom. The molecule has 1 aliphatic heterocycles. The predicted molar refractivity (Wildman–Crippen MR) is 92.3 cm³/mol. The van der Waals surface area contributed by atoms with Gasteiger partial charge in [-0.2, -0.15) is 0 Å². The van der Waals surface area contributed by atoms with Gasteiger partial charge in [0.15, 0.2) is 0 Å². The van der Waals surface area contributed by atoms with Crippen molar-refractivity contribution in [3.63, 3.8) is 0 Å². The summed E-state index contributed by atoms with van der Waals surface area (Å²) < 4.78 is 0. The van der Waals surface area contributed by atoms with Crippen LogP contribution in [0.25, 0.3) is 0 Å². The molecular formula is C19H38N2. The average Bonchev–Trinajstić information content (AvgIpc) is 2.42. The molecule has 2 N–H and O–H groups in total. The van der Waals surface area contributed by atoms with E-state index < -0.39 is 0 Å². The number of nitrogens with two attached hydrogens (primary N) is 1. The summed E-state index contributed by atoms with van der Waals surface area (Å²) in [5.41, 5.74) is 7.07. The molecule has 0 radical (unpaired) electrons. The van der Waals surface area contributed by atoms with Crippen molar-refractivity contribution in [1.82, 2.24) is 4.90 Å². The molecule has 2 fully saturated rings. The molecule has 1 heterocycles. The topological polar surface area (TPSA) is 29.3 Å². The summed E-state index contributed by atoms with van der Waals surface area (Å²) in [5.74, 6) is 2.49. The van der Waals surface area contributed by atoms with Crippen LogP contribution >= 0.6 is 0 Å². The van der Waals surface area contributed by atoms with Crippen LogP contribution in [-0.2, 0) is 0 Å². The minimum atomic E-state index is 0.282. The van der Waals surface area contributed by atoms with Gasteiger partial charge >= 0.3 is 0 Å². The van der Waals surface area contributed by atoms with E-state index in [2.05, 4.69) is 46.4 Å². The molecule has 0 spiro atoms. The zero-order valence-electron chi connectivity index (χ0n) is 15.3. The van der Waals surface area contributed by atoms with Crippen LogP contribution in [0.3, 0.4) is 0 Å². The van der Waals surface area contributed by atoms with E-state index >= 15 is 0 Å². The zero-order valence-corrected chi connectivity index (χ0v) is 15.3. The lowest BCUT2D eigenvalue weighted by atomic mass is 9.66. The third-order valence-electron chi connectivity index (χ3n) is 6.73. The van der Waals surface area contributed by atoms with Crippen molar-refractivity contribution >= 4 is 0 Å². The standard InChI is InChI=1S/C19H38N2/c1-14-11-15(2)16(3)21(12-14)19(13-20)9-7-17(8-10-19)18(4,5)6/h14-17H,7-13,20H2,1-6H3.